The minimum atomic E-state index is -3.74. The van der Waals surface area contributed by atoms with Crippen molar-refractivity contribution in [2.24, 2.45) is 10.7 Å². The van der Waals surface area contributed by atoms with Crippen molar-refractivity contribution in [1.82, 2.24) is 0 Å². The molecule has 0 saturated heterocycles. The van der Waals surface area contributed by atoms with E-state index in [2.05, 4.69) is 24.2 Å². The number of nitrogens with zero attached hydrogens (tertiary/aromatic N) is 1. The minimum Gasteiger partial charge on any atom is -0.370 e. The van der Waals surface area contributed by atoms with E-state index in [9.17, 15) is 12.8 Å². The van der Waals surface area contributed by atoms with Gasteiger partial charge in [-0.25, -0.2) is 12.8 Å². The Kier molecular flexibility index (Phi) is 6.14. The Hall–Kier alpha value is -2.41. The summed E-state index contributed by atoms with van der Waals surface area (Å²) in [5, 5.41) is 2.93. The maximum atomic E-state index is 13.6. The Morgan fingerprint density at radius 1 is 1.20 bits per heavy atom. The standard InChI is InChI=1S/C18H22FN3O2S/c1-13(2)14-6-5-7-15(12-14)22-18(20)21-10-11-25(23,24)17-9-4-3-8-16(17)19/h3-9,12-13H,10-11H2,1-2H3,(H3,20,21,22). The van der Waals surface area contributed by atoms with Crippen LogP contribution in [0.1, 0.15) is 25.3 Å². The van der Waals surface area contributed by atoms with Gasteiger partial charge in [0.2, 0.25) is 0 Å². The van der Waals surface area contributed by atoms with Crippen LogP contribution in [0.5, 0.6) is 0 Å². The minimum absolute atomic E-state index is 0.0562. The van der Waals surface area contributed by atoms with Crippen molar-refractivity contribution in [3.63, 3.8) is 0 Å². The molecular formula is C18H22FN3O2S. The van der Waals surface area contributed by atoms with E-state index in [0.29, 0.717) is 5.92 Å². The summed E-state index contributed by atoms with van der Waals surface area (Å²) in [6.45, 7) is 4.12. The van der Waals surface area contributed by atoms with Gasteiger partial charge in [0.15, 0.2) is 15.8 Å². The lowest BCUT2D eigenvalue weighted by Crippen LogP contribution is -2.24. The van der Waals surface area contributed by atoms with Crippen molar-refractivity contribution in [3.8, 4) is 0 Å². The van der Waals surface area contributed by atoms with E-state index < -0.39 is 15.7 Å². The lowest BCUT2D eigenvalue weighted by Gasteiger charge is -2.10. The zero-order valence-corrected chi connectivity index (χ0v) is 15.1. The molecule has 0 radical (unpaired) electrons. The summed E-state index contributed by atoms with van der Waals surface area (Å²) >= 11 is 0. The molecule has 0 spiro atoms. The molecule has 5 nitrogen and oxygen atoms in total. The molecule has 0 fully saturated rings. The lowest BCUT2D eigenvalue weighted by atomic mass is 10.0. The number of anilines is 1. The Balaban J connectivity index is 2.00. The number of guanidine groups is 1. The van der Waals surface area contributed by atoms with Gasteiger partial charge < -0.3 is 11.1 Å². The monoisotopic (exact) mass is 363 g/mol. The van der Waals surface area contributed by atoms with Crippen molar-refractivity contribution in [1.29, 1.82) is 0 Å². The molecule has 25 heavy (non-hydrogen) atoms. The van der Waals surface area contributed by atoms with Crippen LogP contribution in [0.2, 0.25) is 0 Å². The number of aliphatic imine (C=N–C) groups is 1. The number of halogens is 1. The maximum Gasteiger partial charge on any atom is 0.193 e. The Morgan fingerprint density at radius 2 is 1.92 bits per heavy atom. The van der Waals surface area contributed by atoms with Crippen molar-refractivity contribution in [3.05, 3.63) is 59.9 Å². The van der Waals surface area contributed by atoms with Crippen LogP contribution >= 0.6 is 0 Å². The fraction of sp³-hybridized carbons (Fsp3) is 0.278. The van der Waals surface area contributed by atoms with Gasteiger partial charge >= 0.3 is 0 Å². The first-order valence-electron chi connectivity index (χ1n) is 7.94. The van der Waals surface area contributed by atoms with Gasteiger partial charge in [0.05, 0.1) is 12.3 Å². The highest BCUT2D eigenvalue weighted by molar-refractivity contribution is 7.91. The second-order valence-corrected chi connectivity index (χ2v) is 8.00. The average Bonchev–Trinajstić information content (AvgIpc) is 2.55. The zero-order valence-electron chi connectivity index (χ0n) is 14.2. The van der Waals surface area contributed by atoms with Crippen LogP contribution in [-0.4, -0.2) is 26.7 Å². The molecule has 0 unspecified atom stereocenters. The quantitative estimate of drug-likeness (QED) is 0.610. The van der Waals surface area contributed by atoms with E-state index in [1.54, 1.807) is 0 Å². The van der Waals surface area contributed by atoms with Crippen LogP contribution < -0.4 is 11.1 Å². The molecule has 3 N–H and O–H groups in total. The van der Waals surface area contributed by atoms with Gasteiger partial charge in [-0.05, 0) is 35.7 Å². The molecule has 0 aromatic heterocycles. The Morgan fingerprint density at radius 3 is 2.60 bits per heavy atom. The summed E-state index contributed by atoms with van der Waals surface area (Å²) in [6.07, 6.45) is 0. The first-order valence-corrected chi connectivity index (χ1v) is 9.59. The average molecular weight is 363 g/mol. The van der Waals surface area contributed by atoms with E-state index in [-0.39, 0.29) is 23.2 Å². The molecule has 0 aliphatic carbocycles. The van der Waals surface area contributed by atoms with Crippen LogP contribution in [0.4, 0.5) is 10.1 Å². The number of nitrogens with two attached hydrogens (primary N) is 1. The summed E-state index contributed by atoms with van der Waals surface area (Å²) in [4.78, 5) is 3.70. The smallest absolute Gasteiger partial charge is 0.193 e. The molecular weight excluding hydrogens is 341 g/mol. The van der Waals surface area contributed by atoms with Crippen LogP contribution in [0.3, 0.4) is 0 Å². The number of rotatable bonds is 6. The van der Waals surface area contributed by atoms with Crippen molar-refractivity contribution in [2.75, 3.05) is 17.6 Å². The van der Waals surface area contributed by atoms with Crippen molar-refractivity contribution < 1.29 is 12.8 Å². The molecule has 2 aromatic carbocycles. The number of benzene rings is 2. The van der Waals surface area contributed by atoms with Gasteiger partial charge in [0, 0.05) is 5.69 Å². The van der Waals surface area contributed by atoms with Crippen molar-refractivity contribution >= 4 is 21.5 Å². The van der Waals surface area contributed by atoms with Crippen LogP contribution in [-0.2, 0) is 9.84 Å². The summed E-state index contributed by atoms with van der Waals surface area (Å²) in [7, 11) is -3.74. The van der Waals surface area contributed by atoms with Gasteiger partial charge in [0.1, 0.15) is 10.7 Å². The normalized spacial score (nSPS) is 12.4. The third-order valence-electron chi connectivity index (χ3n) is 3.64. The Labute approximate surface area is 147 Å². The van der Waals surface area contributed by atoms with Crippen molar-refractivity contribution in [2.45, 2.75) is 24.7 Å². The molecule has 0 saturated carbocycles. The second-order valence-electron chi connectivity index (χ2n) is 5.92. The third-order valence-corrected chi connectivity index (χ3v) is 5.36. The molecule has 7 heteroatoms. The fourth-order valence-corrected chi connectivity index (χ4v) is 3.46. The molecule has 0 aliphatic rings. The number of nitrogens with one attached hydrogen (secondary N) is 1. The second kappa shape index (κ2) is 8.11. The highest BCUT2D eigenvalue weighted by Crippen LogP contribution is 2.18. The lowest BCUT2D eigenvalue weighted by molar-refractivity contribution is 0.567. The number of hydrogen-bond donors (Lipinski definition) is 2. The molecule has 2 rings (SSSR count). The van der Waals surface area contributed by atoms with Gasteiger partial charge in [-0.15, -0.1) is 0 Å². The molecule has 0 amide bonds. The van der Waals surface area contributed by atoms with Crippen LogP contribution in [0, 0.1) is 5.82 Å². The molecule has 2 aromatic rings. The summed E-state index contributed by atoms with van der Waals surface area (Å²) in [5.41, 5.74) is 7.73. The predicted molar refractivity (Wildman–Crippen MR) is 99.1 cm³/mol. The molecule has 134 valence electrons. The zero-order chi connectivity index (χ0) is 18.4. The van der Waals surface area contributed by atoms with Gasteiger partial charge in [-0.3, -0.25) is 4.99 Å². The highest BCUT2D eigenvalue weighted by atomic mass is 32.2. The highest BCUT2D eigenvalue weighted by Gasteiger charge is 2.18. The Bertz CT molecular complexity index is 864. The van der Waals surface area contributed by atoms with E-state index >= 15 is 0 Å². The van der Waals surface area contributed by atoms with E-state index in [0.717, 1.165) is 17.3 Å². The molecule has 0 bridgehead atoms. The molecule has 0 heterocycles. The summed E-state index contributed by atoms with van der Waals surface area (Å²) < 4.78 is 37.9. The third kappa shape index (κ3) is 5.29. The summed E-state index contributed by atoms with van der Waals surface area (Å²) in [5.74, 6) is -0.582. The number of sulfone groups is 1. The first kappa shape index (κ1) is 18.9. The van der Waals surface area contributed by atoms with E-state index in [1.807, 2.05) is 24.3 Å². The van der Waals surface area contributed by atoms with E-state index in [4.69, 9.17) is 5.73 Å². The van der Waals surface area contributed by atoms with E-state index in [1.165, 1.54) is 18.2 Å². The fourth-order valence-electron chi connectivity index (χ4n) is 2.26. The van der Waals surface area contributed by atoms with Gasteiger partial charge in [0.25, 0.3) is 0 Å². The molecule has 0 atom stereocenters. The van der Waals surface area contributed by atoms with Crippen LogP contribution in [0.25, 0.3) is 0 Å². The predicted octanol–water partition coefficient (Wildman–Crippen LogP) is 3.15. The SMILES string of the molecule is CC(C)c1cccc(NC(N)=NCCS(=O)(=O)c2ccccc2F)c1. The first-order chi connectivity index (χ1) is 11.8. The maximum absolute atomic E-state index is 13.6. The molecule has 0 aliphatic heterocycles. The topological polar surface area (TPSA) is 84.5 Å². The van der Waals surface area contributed by atoms with Crippen LogP contribution in [0.15, 0.2) is 58.4 Å². The summed E-state index contributed by atoms with van der Waals surface area (Å²) in [6, 6.07) is 13.0. The number of hydrogen-bond acceptors (Lipinski definition) is 3. The van der Waals surface area contributed by atoms with Gasteiger partial charge in [-0.2, -0.15) is 0 Å². The largest absolute Gasteiger partial charge is 0.370 e. The van der Waals surface area contributed by atoms with Gasteiger partial charge in [-0.1, -0.05) is 38.1 Å².